The van der Waals surface area contributed by atoms with Gasteiger partial charge >= 0.3 is 0 Å². The van der Waals surface area contributed by atoms with Crippen molar-refractivity contribution in [3.63, 3.8) is 0 Å². The lowest BCUT2D eigenvalue weighted by molar-refractivity contribution is 0.398. The Balaban J connectivity index is 1.73. The van der Waals surface area contributed by atoms with Gasteiger partial charge in [0.15, 0.2) is 5.43 Å². The summed E-state index contributed by atoms with van der Waals surface area (Å²) in [6.45, 7) is 3.78. The quantitative estimate of drug-likeness (QED) is 0.791. The highest BCUT2D eigenvalue weighted by atomic mass is 16.5. The van der Waals surface area contributed by atoms with Crippen molar-refractivity contribution in [1.82, 2.24) is 10.3 Å². The summed E-state index contributed by atoms with van der Waals surface area (Å²) in [6.07, 6.45) is 1.64. The van der Waals surface area contributed by atoms with Crippen LogP contribution in [0.2, 0.25) is 0 Å². The molecule has 4 rings (SSSR count). The van der Waals surface area contributed by atoms with Gasteiger partial charge in [0.1, 0.15) is 11.3 Å². The zero-order valence-electron chi connectivity index (χ0n) is 14.0. The molecular weight excluding hydrogens is 318 g/mol. The molecule has 1 saturated heterocycles. The normalized spacial score (nSPS) is 14.7. The van der Waals surface area contributed by atoms with Gasteiger partial charge in [0, 0.05) is 55.8 Å². The van der Waals surface area contributed by atoms with Gasteiger partial charge in [-0.3, -0.25) is 4.79 Å². The first kappa shape index (κ1) is 15.7. The smallest absolute Gasteiger partial charge is 0.212 e. The van der Waals surface area contributed by atoms with Crippen molar-refractivity contribution in [2.45, 2.75) is 0 Å². The highest BCUT2D eigenvalue weighted by Crippen LogP contribution is 2.25. The standard InChI is InChI=1S/C19H19N3O3/c1-24-19-5-2-13(12-21-19)18-11-16(23)15-10-14(3-4-17(15)25-18)22-8-6-20-7-9-22/h2-5,10-12,20H,6-9H2,1H3. The van der Waals surface area contributed by atoms with Gasteiger partial charge < -0.3 is 19.4 Å². The minimum atomic E-state index is -0.0518. The first-order valence-corrected chi connectivity index (χ1v) is 8.28. The van der Waals surface area contributed by atoms with Gasteiger partial charge in [-0.2, -0.15) is 0 Å². The van der Waals surface area contributed by atoms with Crippen LogP contribution in [0.3, 0.4) is 0 Å². The number of piperazine rings is 1. The number of methoxy groups -OCH3 is 1. The maximum atomic E-state index is 12.6. The van der Waals surface area contributed by atoms with Gasteiger partial charge in [-0.1, -0.05) is 0 Å². The maximum Gasteiger partial charge on any atom is 0.212 e. The number of rotatable bonds is 3. The fraction of sp³-hybridized carbons (Fsp3) is 0.263. The van der Waals surface area contributed by atoms with Gasteiger partial charge in [0.05, 0.1) is 12.5 Å². The van der Waals surface area contributed by atoms with E-state index in [2.05, 4.69) is 15.2 Å². The number of anilines is 1. The Morgan fingerprint density at radius 2 is 2.00 bits per heavy atom. The Morgan fingerprint density at radius 1 is 1.16 bits per heavy atom. The van der Waals surface area contributed by atoms with E-state index in [0.717, 1.165) is 37.4 Å². The first-order valence-electron chi connectivity index (χ1n) is 8.28. The summed E-state index contributed by atoms with van der Waals surface area (Å²) in [5.74, 6) is 1.02. The van der Waals surface area contributed by atoms with Crippen molar-refractivity contribution >= 4 is 16.7 Å². The molecule has 0 radical (unpaired) electrons. The van der Waals surface area contributed by atoms with Crippen LogP contribution in [0.4, 0.5) is 5.69 Å². The highest BCUT2D eigenvalue weighted by molar-refractivity contribution is 5.82. The molecule has 2 aromatic heterocycles. The van der Waals surface area contributed by atoms with E-state index in [1.54, 1.807) is 19.4 Å². The van der Waals surface area contributed by atoms with E-state index >= 15 is 0 Å². The predicted octanol–water partition coefficient (Wildman–Crippen LogP) is 2.27. The molecule has 1 fully saturated rings. The molecule has 0 atom stereocenters. The number of pyridine rings is 1. The minimum absolute atomic E-state index is 0.0518. The van der Waals surface area contributed by atoms with Gasteiger partial charge in [-0.25, -0.2) is 4.98 Å². The number of nitrogens with zero attached hydrogens (tertiary/aromatic N) is 2. The molecule has 0 spiro atoms. The number of hydrogen-bond acceptors (Lipinski definition) is 6. The first-order chi connectivity index (χ1) is 12.2. The molecule has 1 aliphatic heterocycles. The number of hydrogen-bond donors (Lipinski definition) is 1. The Labute approximate surface area is 145 Å². The number of aromatic nitrogens is 1. The van der Waals surface area contributed by atoms with Crippen molar-refractivity contribution in [1.29, 1.82) is 0 Å². The molecule has 3 aromatic rings. The molecule has 25 heavy (non-hydrogen) atoms. The molecule has 0 saturated carbocycles. The van der Waals surface area contributed by atoms with E-state index in [0.29, 0.717) is 22.6 Å². The second-order valence-electron chi connectivity index (χ2n) is 5.98. The summed E-state index contributed by atoms with van der Waals surface area (Å²) in [7, 11) is 1.56. The maximum absolute atomic E-state index is 12.6. The van der Waals surface area contributed by atoms with E-state index in [9.17, 15) is 4.79 Å². The molecule has 1 aliphatic rings. The fourth-order valence-corrected chi connectivity index (χ4v) is 3.05. The van der Waals surface area contributed by atoms with Crippen LogP contribution in [-0.4, -0.2) is 38.3 Å². The summed E-state index contributed by atoms with van der Waals surface area (Å²) < 4.78 is 11.0. The van der Waals surface area contributed by atoms with Crippen LogP contribution >= 0.6 is 0 Å². The summed E-state index contributed by atoms with van der Waals surface area (Å²) in [5.41, 5.74) is 2.33. The third-order valence-corrected chi connectivity index (χ3v) is 4.42. The zero-order valence-corrected chi connectivity index (χ0v) is 14.0. The Morgan fingerprint density at radius 3 is 2.72 bits per heavy atom. The lowest BCUT2D eigenvalue weighted by Crippen LogP contribution is -2.43. The topological polar surface area (TPSA) is 67.6 Å². The molecule has 1 aromatic carbocycles. The van der Waals surface area contributed by atoms with Crippen molar-refractivity contribution in [2.24, 2.45) is 0 Å². The number of benzene rings is 1. The summed E-state index contributed by atoms with van der Waals surface area (Å²) in [5, 5.41) is 3.93. The average molecular weight is 337 g/mol. The van der Waals surface area contributed by atoms with E-state index in [4.69, 9.17) is 9.15 Å². The summed E-state index contributed by atoms with van der Waals surface area (Å²) in [6, 6.07) is 10.9. The van der Waals surface area contributed by atoms with E-state index in [1.807, 2.05) is 24.3 Å². The molecule has 6 nitrogen and oxygen atoms in total. The zero-order chi connectivity index (χ0) is 17.2. The molecule has 3 heterocycles. The molecule has 128 valence electrons. The van der Waals surface area contributed by atoms with Gasteiger partial charge in [-0.05, 0) is 24.3 Å². The van der Waals surface area contributed by atoms with Crippen molar-refractivity contribution in [3.8, 4) is 17.2 Å². The van der Waals surface area contributed by atoms with Crippen LogP contribution in [0.1, 0.15) is 0 Å². The second-order valence-corrected chi connectivity index (χ2v) is 5.98. The van der Waals surface area contributed by atoms with Crippen LogP contribution in [0.25, 0.3) is 22.3 Å². The van der Waals surface area contributed by atoms with E-state index in [1.165, 1.54) is 6.07 Å². The number of ether oxygens (including phenoxy) is 1. The molecule has 0 unspecified atom stereocenters. The van der Waals surface area contributed by atoms with Crippen LogP contribution in [0, 0.1) is 0 Å². The third kappa shape index (κ3) is 3.08. The number of nitrogens with one attached hydrogen (secondary N) is 1. The van der Waals surface area contributed by atoms with E-state index < -0.39 is 0 Å². The largest absolute Gasteiger partial charge is 0.481 e. The second kappa shape index (κ2) is 6.57. The minimum Gasteiger partial charge on any atom is -0.481 e. The fourth-order valence-electron chi connectivity index (χ4n) is 3.05. The van der Waals surface area contributed by atoms with Gasteiger partial charge in [-0.15, -0.1) is 0 Å². The van der Waals surface area contributed by atoms with Crippen molar-refractivity contribution < 1.29 is 9.15 Å². The van der Waals surface area contributed by atoms with Crippen LogP contribution < -0.4 is 20.4 Å². The molecule has 6 heteroatoms. The van der Waals surface area contributed by atoms with Gasteiger partial charge in [0.2, 0.25) is 5.88 Å². The van der Waals surface area contributed by atoms with Crippen LogP contribution in [0.5, 0.6) is 5.88 Å². The lowest BCUT2D eigenvalue weighted by Gasteiger charge is -2.29. The Kier molecular flexibility index (Phi) is 4.11. The number of fused-ring (bicyclic) bond motifs is 1. The molecule has 0 amide bonds. The summed E-state index contributed by atoms with van der Waals surface area (Å²) in [4.78, 5) is 19.0. The molecule has 0 bridgehead atoms. The molecule has 1 N–H and O–H groups in total. The van der Waals surface area contributed by atoms with Crippen molar-refractivity contribution in [2.75, 3.05) is 38.2 Å². The monoisotopic (exact) mass is 337 g/mol. The van der Waals surface area contributed by atoms with E-state index in [-0.39, 0.29) is 5.43 Å². The Hall–Kier alpha value is -2.86. The van der Waals surface area contributed by atoms with Crippen LogP contribution in [0.15, 0.2) is 51.8 Å². The molecular formula is C19H19N3O3. The molecule has 0 aliphatic carbocycles. The third-order valence-electron chi connectivity index (χ3n) is 4.42. The SMILES string of the molecule is COc1ccc(-c2cc(=O)c3cc(N4CCNCC4)ccc3o2)cn1. The van der Waals surface area contributed by atoms with Crippen molar-refractivity contribution in [3.05, 3.63) is 52.8 Å². The summed E-state index contributed by atoms with van der Waals surface area (Å²) >= 11 is 0. The Bertz CT molecular complexity index is 944. The van der Waals surface area contributed by atoms with Crippen LogP contribution in [-0.2, 0) is 0 Å². The highest BCUT2D eigenvalue weighted by Gasteiger charge is 2.13. The predicted molar refractivity (Wildman–Crippen MR) is 97.3 cm³/mol. The average Bonchev–Trinajstić information content (AvgIpc) is 2.68. The lowest BCUT2D eigenvalue weighted by atomic mass is 10.1. The van der Waals surface area contributed by atoms with Gasteiger partial charge in [0.25, 0.3) is 0 Å².